The van der Waals surface area contributed by atoms with E-state index in [1.165, 1.54) is 25.7 Å². The maximum atomic E-state index is 8.32. The summed E-state index contributed by atoms with van der Waals surface area (Å²) in [5, 5.41) is 14.4. The second-order valence-corrected chi connectivity index (χ2v) is 3.64. The van der Waals surface area contributed by atoms with E-state index in [1.807, 2.05) is 0 Å². The maximum absolute atomic E-state index is 8.32. The molecular weight excluding hydrogens is 178 g/mol. The Morgan fingerprint density at radius 2 is 2.21 bits per heavy atom. The van der Waals surface area contributed by atoms with Gasteiger partial charge in [-0.15, -0.1) is 0 Å². The molecule has 84 valence electrons. The molecular formula is C10H23N3O. The molecule has 0 aliphatic heterocycles. The van der Waals surface area contributed by atoms with Gasteiger partial charge in [0.05, 0.1) is 6.54 Å². The average molecular weight is 201 g/mol. The van der Waals surface area contributed by atoms with Crippen molar-refractivity contribution in [1.29, 1.82) is 0 Å². The van der Waals surface area contributed by atoms with Crippen LogP contribution in [0.3, 0.4) is 0 Å². The fourth-order valence-electron chi connectivity index (χ4n) is 1.38. The summed E-state index contributed by atoms with van der Waals surface area (Å²) in [7, 11) is 0. The fraction of sp³-hybridized carbons (Fsp3) is 0.900. The van der Waals surface area contributed by atoms with Crippen molar-refractivity contribution >= 4 is 5.84 Å². The van der Waals surface area contributed by atoms with Gasteiger partial charge in [-0.1, -0.05) is 38.3 Å². The molecule has 0 spiro atoms. The molecule has 0 radical (unpaired) electrons. The van der Waals surface area contributed by atoms with E-state index >= 15 is 0 Å². The third-order valence-corrected chi connectivity index (χ3v) is 2.41. The number of nitrogens with zero attached hydrogens (tertiary/aromatic N) is 1. The molecule has 0 aromatic carbocycles. The minimum atomic E-state index is 0.246. The summed E-state index contributed by atoms with van der Waals surface area (Å²) in [5.74, 6) is 0.955. The van der Waals surface area contributed by atoms with E-state index in [4.69, 9.17) is 10.9 Å². The Labute approximate surface area is 86.6 Å². The summed E-state index contributed by atoms with van der Waals surface area (Å²) in [4.78, 5) is 0. The summed E-state index contributed by atoms with van der Waals surface area (Å²) in [6, 6.07) is 0. The number of hydrogen-bond acceptors (Lipinski definition) is 3. The largest absolute Gasteiger partial charge is 0.409 e. The van der Waals surface area contributed by atoms with Crippen LogP contribution in [0.15, 0.2) is 5.16 Å². The second kappa shape index (κ2) is 8.81. The number of nitrogens with one attached hydrogen (secondary N) is 1. The summed E-state index contributed by atoms with van der Waals surface area (Å²) in [6.07, 6.45) is 4.97. The first kappa shape index (κ1) is 13.2. The summed E-state index contributed by atoms with van der Waals surface area (Å²) >= 11 is 0. The van der Waals surface area contributed by atoms with Crippen LogP contribution in [0.1, 0.15) is 39.5 Å². The first-order valence-corrected chi connectivity index (χ1v) is 5.41. The molecule has 0 aromatic rings. The van der Waals surface area contributed by atoms with Gasteiger partial charge < -0.3 is 16.3 Å². The molecule has 1 unspecified atom stereocenters. The van der Waals surface area contributed by atoms with Crippen molar-refractivity contribution in [2.45, 2.75) is 39.5 Å². The number of amidine groups is 1. The Morgan fingerprint density at radius 3 is 2.71 bits per heavy atom. The highest BCUT2D eigenvalue weighted by Gasteiger charge is 2.04. The van der Waals surface area contributed by atoms with Crippen LogP contribution in [0.5, 0.6) is 0 Å². The number of hydrogen-bond donors (Lipinski definition) is 3. The van der Waals surface area contributed by atoms with Gasteiger partial charge in [0, 0.05) is 0 Å². The van der Waals surface area contributed by atoms with Crippen molar-refractivity contribution in [2.75, 3.05) is 13.1 Å². The zero-order valence-electron chi connectivity index (χ0n) is 9.29. The Morgan fingerprint density at radius 1 is 1.50 bits per heavy atom. The topological polar surface area (TPSA) is 70.6 Å². The van der Waals surface area contributed by atoms with Crippen LogP contribution in [-0.2, 0) is 0 Å². The molecule has 0 fully saturated rings. The minimum absolute atomic E-state index is 0.246. The van der Waals surface area contributed by atoms with Crippen molar-refractivity contribution in [3.8, 4) is 0 Å². The van der Waals surface area contributed by atoms with Gasteiger partial charge in [0.15, 0.2) is 5.84 Å². The highest BCUT2D eigenvalue weighted by molar-refractivity contribution is 5.81. The van der Waals surface area contributed by atoms with Gasteiger partial charge in [-0.25, -0.2) is 0 Å². The Balaban J connectivity index is 3.52. The molecule has 4 heteroatoms. The molecule has 4 nitrogen and oxygen atoms in total. The minimum Gasteiger partial charge on any atom is -0.409 e. The standard InChI is InChI=1S/C10H23N3O/c1-3-5-6-9(4-2)7-12-8-10(11)13-14/h9,12,14H,3-8H2,1-2H3,(H2,11,13). The van der Waals surface area contributed by atoms with Crippen LogP contribution >= 0.6 is 0 Å². The van der Waals surface area contributed by atoms with Crippen molar-refractivity contribution < 1.29 is 5.21 Å². The highest BCUT2D eigenvalue weighted by Crippen LogP contribution is 2.10. The van der Waals surface area contributed by atoms with Gasteiger partial charge in [-0.2, -0.15) is 0 Å². The molecule has 0 aliphatic rings. The van der Waals surface area contributed by atoms with Gasteiger partial charge in [0.1, 0.15) is 0 Å². The van der Waals surface area contributed by atoms with Crippen LogP contribution in [-0.4, -0.2) is 24.1 Å². The third kappa shape index (κ3) is 6.71. The molecule has 4 N–H and O–H groups in total. The number of oxime groups is 1. The molecule has 0 aliphatic carbocycles. The molecule has 0 saturated heterocycles. The molecule has 0 amide bonds. The smallest absolute Gasteiger partial charge is 0.153 e. The van der Waals surface area contributed by atoms with E-state index in [0.29, 0.717) is 12.5 Å². The molecule has 1 atom stereocenters. The van der Waals surface area contributed by atoms with E-state index in [1.54, 1.807) is 0 Å². The Hall–Kier alpha value is -0.770. The second-order valence-electron chi connectivity index (χ2n) is 3.64. The first-order chi connectivity index (χ1) is 6.74. The van der Waals surface area contributed by atoms with Crippen molar-refractivity contribution in [3.63, 3.8) is 0 Å². The summed E-state index contributed by atoms with van der Waals surface area (Å²) < 4.78 is 0. The maximum Gasteiger partial charge on any atom is 0.153 e. The molecule has 0 heterocycles. The summed E-state index contributed by atoms with van der Waals surface area (Å²) in [5.41, 5.74) is 5.34. The van der Waals surface area contributed by atoms with Crippen LogP contribution in [0.25, 0.3) is 0 Å². The van der Waals surface area contributed by atoms with Crippen LogP contribution in [0.4, 0.5) is 0 Å². The van der Waals surface area contributed by atoms with Gasteiger partial charge in [0.2, 0.25) is 0 Å². The van der Waals surface area contributed by atoms with Crippen LogP contribution < -0.4 is 11.1 Å². The normalized spacial score (nSPS) is 14.3. The lowest BCUT2D eigenvalue weighted by molar-refractivity contribution is 0.316. The number of rotatable bonds is 8. The third-order valence-electron chi connectivity index (χ3n) is 2.41. The summed E-state index contributed by atoms with van der Waals surface area (Å²) in [6.45, 7) is 5.83. The number of nitrogens with two attached hydrogens (primary N) is 1. The molecule has 0 bridgehead atoms. The first-order valence-electron chi connectivity index (χ1n) is 5.41. The zero-order valence-corrected chi connectivity index (χ0v) is 9.29. The predicted octanol–water partition coefficient (Wildman–Crippen LogP) is 1.54. The molecule has 0 saturated carbocycles. The van der Waals surface area contributed by atoms with Crippen LogP contribution in [0, 0.1) is 5.92 Å². The predicted molar refractivity (Wildman–Crippen MR) is 59.6 cm³/mol. The average Bonchev–Trinajstić information content (AvgIpc) is 2.22. The Bertz CT molecular complexity index is 159. The SMILES string of the molecule is CCCCC(CC)CNCC(N)=NO. The van der Waals surface area contributed by atoms with E-state index < -0.39 is 0 Å². The lowest BCUT2D eigenvalue weighted by Crippen LogP contribution is -2.32. The molecule has 0 rings (SSSR count). The van der Waals surface area contributed by atoms with E-state index in [2.05, 4.69) is 24.3 Å². The monoisotopic (exact) mass is 201 g/mol. The Kier molecular flexibility index (Phi) is 8.33. The van der Waals surface area contributed by atoms with Crippen molar-refractivity contribution in [3.05, 3.63) is 0 Å². The van der Waals surface area contributed by atoms with E-state index in [9.17, 15) is 0 Å². The van der Waals surface area contributed by atoms with Crippen molar-refractivity contribution in [1.82, 2.24) is 5.32 Å². The molecule has 0 aromatic heterocycles. The van der Waals surface area contributed by atoms with Gasteiger partial charge in [0.25, 0.3) is 0 Å². The van der Waals surface area contributed by atoms with Gasteiger partial charge in [-0.05, 0) is 18.9 Å². The van der Waals surface area contributed by atoms with E-state index in [0.717, 1.165) is 6.54 Å². The fourth-order valence-corrected chi connectivity index (χ4v) is 1.38. The number of unbranched alkanes of at least 4 members (excludes halogenated alkanes) is 1. The van der Waals surface area contributed by atoms with Gasteiger partial charge in [-0.3, -0.25) is 0 Å². The lowest BCUT2D eigenvalue weighted by atomic mass is 9.99. The van der Waals surface area contributed by atoms with Crippen LogP contribution in [0.2, 0.25) is 0 Å². The lowest BCUT2D eigenvalue weighted by Gasteiger charge is -2.14. The van der Waals surface area contributed by atoms with Gasteiger partial charge >= 0.3 is 0 Å². The highest BCUT2D eigenvalue weighted by atomic mass is 16.4. The van der Waals surface area contributed by atoms with Crippen molar-refractivity contribution in [2.24, 2.45) is 16.8 Å². The quantitative estimate of drug-likeness (QED) is 0.241. The zero-order chi connectivity index (χ0) is 10.8. The molecule has 14 heavy (non-hydrogen) atoms. The van der Waals surface area contributed by atoms with E-state index in [-0.39, 0.29) is 5.84 Å².